The van der Waals surface area contributed by atoms with Crippen molar-refractivity contribution in [3.63, 3.8) is 0 Å². The molecule has 2 rings (SSSR count). The van der Waals surface area contributed by atoms with E-state index in [1.54, 1.807) is 0 Å². The summed E-state index contributed by atoms with van der Waals surface area (Å²) in [5.74, 6) is -0.696. The van der Waals surface area contributed by atoms with Crippen molar-refractivity contribution in [2.45, 2.75) is 11.8 Å². The van der Waals surface area contributed by atoms with Gasteiger partial charge in [0.1, 0.15) is 10.6 Å². The molecule has 0 unspecified atom stereocenters. The van der Waals surface area contributed by atoms with Crippen molar-refractivity contribution in [1.82, 2.24) is 9.78 Å². The number of halogens is 4. The van der Waals surface area contributed by atoms with Crippen molar-refractivity contribution in [2.75, 3.05) is 5.32 Å². The molecule has 0 spiro atoms. The Kier molecular flexibility index (Phi) is 4.93. The van der Waals surface area contributed by atoms with Crippen LogP contribution in [0.2, 0.25) is 15.1 Å². The summed E-state index contributed by atoms with van der Waals surface area (Å²) >= 11 is 18.0. The molecule has 11 heteroatoms. The first-order valence-electron chi connectivity index (χ1n) is 5.56. The molecule has 6 nitrogen and oxygen atoms in total. The van der Waals surface area contributed by atoms with Crippen molar-refractivity contribution in [1.29, 1.82) is 0 Å². The monoisotopic (exact) mass is 401 g/mol. The first kappa shape index (κ1) is 17.4. The molecule has 0 fully saturated rings. The van der Waals surface area contributed by atoms with Gasteiger partial charge in [-0.15, -0.1) is 0 Å². The second kappa shape index (κ2) is 6.25. The number of hydrogen-bond acceptors (Lipinski definition) is 4. The van der Waals surface area contributed by atoms with Crippen molar-refractivity contribution in [2.24, 2.45) is 0 Å². The smallest absolute Gasteiger partial charge is 0.266 e. The Morgan fingerprint density at radius 2 is 1.77 bits per heavy atom. The van der Waals surface area contributed by atoms with Gasteiger partial charge in [0.25, 0.3) is 9.05 Å². The van der Waals surface area contributed by atoms with Crippen LogP contribution in [0.25, 0.3) is 5.69 Å². The summed E-state index contributed by atoms with van der Waals surface area (Å²) in [6, 6.07) is 2.80. The minimum atomic E-state index is -4.14. The third-order valence-corrected chi connectivity index (χ3v) is 4.60. The molecule has 0 aliphatic rings. The summed E-state index contributed by atoms with van der Waals surface area (Å²) in [6.45, 7) is 1.20. The normalized spacial score (nSPS) is 11.5. The Morgan fingerprint density at radius 3 is 2.23 bits per heavy atom. The Balaban J connectivity index is 2.77. The summed E-state index contributed by atoms with van der Waals surface area (Å²) < 4.78 is 24.2. The molecule has 118 valence electrons. The van der Waals surface area contributed by atoms with Crippen molar-refractivity contribution >= 4 is 66.3 Å². The molecule has 0 bridgehead atoms. The predicted octanol–water partition coefficient (Wildman–Crippen LogP) is 3.72. The maximum atomic E-state index is 11.6. The molecule has 0 atom stereocenters. The van der Waals surface area contributed by atoms with Gasteiger partial charge in [-0.1, -0.05) is 34.8 Å². The lowest BCUT2D eigenvalue weighted by Crippen LogP contribution is -2.13. The van der Waals surface area contributed by atoms with Gasteiger partial charge in [-0.05, 0) is 12.1 Å². The van der Waals surface area contributed by atoms with E-state index < -0.39 is 15.0 Å². The summed E-state index contributed by atoms with van der Waals surface area (Å²) in [5.41, 5.74) is 0.156. The number of anilines is 1. The van der Waals surface area contributed by atoms with E-state index in [4.69, 9.17) is 45.5 Å². The van der Waals surface area contributed by atoms with Crippen LogP contribution in [-0.2, 0) is 13.8 Å². The molecule has 1 amide bonds. The van der Waals surface area contributed by atoms with E-state index in [0.29, 0.717) is 0 Å². The van der Waals surface area contributed by atoms with Crippen molar-refractivity contribution in [3.05, 3.63) is 33.4 Å². The second-order valence-corrected chi connectivity index (χ2v) is 7.89. The first-order chi connectivity index (χ1) is 10.1. The van der Waals surface area contributed by atoms with Crippen LogP contribution in [0.15, 0.2) is 23.2 Å². The number of hydrogen-bond donors (Lipinski definition) is 1. The molecule has 1 aromatic heterocycles. The van der Waals surface area contributed by atoms with Gasteiger partial charge >= 0.3 is 0 Å². The number of nitrogens with one attached hydrogen (secondary N) is 1. The molecule has 22 heavy (non-hydrogen) atoms. The van der Waals surface area contributed by atoms with E-state index in [2.05, 4.69) is 10.4 Å². The molecular weight excluding hydrogens is 396 g/mol. The Hall–Kier alpha value is -0.990. The highest BCUT2D eigenvalue weighted by Crippen LogP contribution is 2.36. The quantitative estimate of drug-likeness (QED) is 0.793. The molecular formula is C11H7Cl4N3O3S. The molecule has 0 radical (unpaired) electrons. The van der Waals surface area contributed by atoms with Gasteiger partial charge in [0, 0.05) is 22.6 Å². The summed E-state index contributed by atoms with van der Waals surface area (Å²) in [7, 11) is 1.20. The highest BCUT2D eigenvalue weighted by atomic mass is 35.7. The number of rotatable bonds is 3. The standard InChI is InChI=1S/C11H7Cl4N3O3S/c1-5(19)17-11-9(22(15,20)21)4-16-18(11)10-7(13)2-6(12)3-8(10)14/h2-4H,1H3,(H,17,19). The SMILES string of the molecule is CC(=O)Nc1c(S(=O)(=O)Cl)cnn1-c1c(Cl)cc(Cl)cc1Cl. The lowest BCUT2D eigenvalue weighted by molar-refractivity contribution is -0.114. The zero-order chi connectivity index (χ0) is 16.7. The second-order valence-electron chi connectivity index (χ2n) is 4.11. The van der Waals surface area contributed by atoms with Crippen LogP contribution in [0.5, 0.6) is 0 Å². The van der Waals surface area contributed by atoms with Gasteiger partial charge in [0.2, 0.25) is 5.91 Å². The number of aromatic nitrogens is 2. The molecule has 0 aliphatic carbocycles. The molecule has 1 aromatic carbocycles. The topological polar surface area (TPSA) is 81.1 Å². The van der Waals surface area contributed by atoms with E-state index in [-0.39, 0.29) is 31.5 Å². The Morgan fingerprint density at radius 1 is 1.23 bits per heavy atom. The summed E-state index contributed by atoms with van der Waals surface area (Å²) in [5, 5.41) is 6.75. The van der Waals surface area contributed by atoms with Gasteiger partial charge in [-0.3, -0.25) is 4.79 Å². The van der Waals surface area contributed by atoms with Crippen LogP contribution < -0.4 is 5.32 Å². The maximum Gasteiger partial charge on any atom is 0.266 e. The largest absolute Gasteiger partial charge is 0.310 e. The van der Waals surface area contributed by atoms with Gasteiger partial charge in [0.05, 0.1) is 16.2 Å². The van der Waals surface area contributed by atoms with Crippen LogP contribution in [0.3, 0.4) is 0 Å². The van der Waals surface area contributed by atoms with Gasteiger partial charge in [-0.25, -0.2) is 13.1 Å². The minimum Gasteiger partial charge on any atom is -0.310 e. The molecule has 0 saturated carbocycles. The number of benzene rings is 1. The number of carbonyl (C=O) groups is 1. The average Bonchev–Trinajstić information content (AvgIpc) is 2.70. The lowest BCUT2D eigenvalue weighted by atomic mass is 10.3. The third kappa shape index (κ3) is 3.49. The number of carbonyl (C=O) groups excluding carboxylic acids is 1. The number of nitrogens with zero attached hydrogens (tertiary/aromatic N) is 2. The van der Waals surface area contributed by atoms with Crippen molar-refractivity contribution in [3.8, 4) is 5.69 Å². The third-order valence-electron chi connectivity index (χ3n) is 2.49. The van der Waals surface area contributed by atoms with Gasteiger partial charge in [-0.2, -0.15) is 5.10 Å². The lowest BCUT2D eigenvalue weighted by Gasteiger charge is -2.12. The van der Waals surface area contributed by atoms with E-state index in [1.807, 2.05) is 0 Å². The van der Waals surface area contributed by atoms with Crippen LogP contribution >= 0.6 is 45.5 Å². The van der Waals surface area contributed by atoms with Gasteiger partial charge in [0.15, 0.2) is 5.82 Å². The molecule has 0 aliphatic heterocycles. The van der Waals surface area contributed by atoms with E-state index >= 15 is 0 Å². The van der Waals surface area contributed by atoms with E-state index in [0.717, 1.165) is 10.9 Å². The van der Waals surface area contributed by atoms with Crippen LogP contribution in [0, 0.1) is 0 Å². The molecule has 0 saturated heterocycles. The fourth-order valence-corrected chi connectivity index (χ4v) is 3.56. The molecule has 1 N–H and O–H groups in total. The average molecular weight is 403 g/mol. The van der Waals surface area contributed by atoms with Crippen LogP contribution in [0.1, 0.15) is 6.92 Å². The van der Waals surface area contributed by atoms with Crippen LogP contribution in [-0.4, -0.2) is 24.1 Å². The fraction of sp³-hybridized carbons (Fsp3) is 0.0909. The number of amides is 1. The predicted molar refractivity (Wildman–Crippen MR) is 85.9 cm³/mol. The Labute approximate surface area is 145 Å². The van der Waals surface area contributed by atoms with Crippen LogP contribution in [0.4, 0.5) is 5.82 Å². The van der Waals surface area contributed by atoms with E-state index in [1.165, 1.54) is 19.1 Å². The van der Waals surface area contributed by atoms with Gasteiger partial charge < -0.3 is 5.32 Å². The highest BCUT2D eigenvalue weighted by Gasteiger charge is 2.25. The fourth-order valence-electron chi connectivity index (χ4n) is 1.70. The molecule has 1 heterocycles. The summed E-state index contributed by atoms with van der Waals surface area (Å²) in [4.78, 5) is 10.9. The van der Waals surface area contributed by atoms with E-state index in [9.17, 15) is 13.2 Å². The first-order valence-corrected chi connectivity index (χ1v) is 9.00. The summed E-state index contributed by atoms with van der Waals surface area (Å²) in [6.07, 6.45) is 0.981. The van der Waals surface area contributed by atoms with Crippen molar-refractivity contribution < 1.29 is 13.2 Å². The molecule has 2 aromatic rings. The minimum absolute atomic E-state index is 0.116. The zero-order valence-electron chi connectivity index (χ0n) is 10.8. The zero-order valence-corrected chi connectivity index (χ0v) is 14.6. The Bertz CT molecular complexity index is 840. The highest BCUT2D eigenvalue weighted by molar-refractivity contribution is 8.13. The maximum absolute atomic E-state index is 11.6.